The van der Waals surface area contributed by atoms with Crippen LogP contribution in [-0.4, -0.2) is 29.7 Å². The Balaban J connectivity index is 1.95. The predicted molar refractivity (Wildman–Crippen MR) is 66.1 cm³/mol. The zero-order chi connectivity index (χ0) is 12.0. The fourth-order valence-corrected chi connectivity index (χ4v) is 4.47. The Kier molecular flexibility index (Phi) is 2.70. The number of aromatic nitrogens is 2. The van der Waals surface area contributed by atoms with Crippen LogP contribution in [0.4, 0.5) is 0 Å². The van der Waals surface area contributed by atoms with Gasteiger partial charge in [-0.05, 0) is 19.3 Å². The van der Waals surface area contributed by atoms with Gasteiger partial charge >= 0.3 is 0 Å². The van der Waals surface area contributed by atoms with Gasteiger partial charge in [0.05, 0.1) is 29.6 Å². The predicted octanol–water partition coefficient (Wildman–Crippen LogP) is 1.86. The van der Waals surface area contributed by atoms with E-state index in [9.17, 15) is 8.42 Å². The fraction of sp³-hybridized carbons (Fsp3) is 0.727. The Labute approximate surface area is 106 Å². The van der Waals surface area contributed by atoms with Crippen LogP contribution >= 0.6 is 11.6 Å². The topological polar surface area (TPSA) is 52.0 Å². The van der Waals surface area contributed by atoms with Gasteiger partial charge in [-0.25, -0.2) is 8.42 Å². The molecular formula is C11H15ClN2O2S. The molecular weight excluding hydrogens is 260 g/mol. The summed E-state index contributed by atoms with van der Waals surface area (Å²) in [4.78, 5) is 0. The fourth-order valence-electron chi connectivity index (χ4n) is 2.58. The van der Waals surface area contributed by atoms with Gasteiger partial charge < -0.3 is 0 Å². The molecule has 2 aliphatic rings. The van der Waals surface area contributed by atoms with Crippen molar-refractivity contribution in [2.45, 2.75) is 37.1 Å². The summed E-state index contributed by atoms with van der Waals surface area (Å²) in [6.45, 7) is 0. The third kappa shape index (κ3) is 2.10. The summed E-state index contributed by atoms with van der Waals surface area (Å²) in [5.74, 6) is 1.54. The molecule has 17 heavy (non-hydrogen) atoms. The molecule has 0 spiro atoms. The second-order valence-electron chi connectivity index (χ2n) is 4.96. The monoisotopic (exact) mass is 274 g/mol. The lowest BCUT2D eigenvalue weighted by atomic mass is 10.1. The third-order valence-electron chi connectivity index (χ3n) is 3.58. The average Bonchev–Trinajstić information content (AvgIpc) is 2.93. The zero-order valence-corrected chi connectivity index (χ0v) is 11.0. The van der Waals surface area contributed by atoms with Crippen LogP contribution in [0.5, 0.6) is 0 Å². The summed E-state index contributed by atoms with van der Waals surface area (Å²) in [6, 6.07) is 0.0209. The average molecular weight is 275 g/mol. The molecule has 3 rings (SSSR count). The van der Waals surface area contributed by atoms with Crippen LogP contribution in [0.2, 0.25) is 0 Å². The van der Waals surface area contributed by atoms with E-state index in [1.54, 1.807) is 6.20 Å². The van der Waals surface area contributed by atoms with E-state index in [4.69, 9.17) is 11.6 Å². The van der Waals surface area contributed by atoms with Gasteiger partial charge in [0.15, 0.2) is 9.84 Å². The minimum absolute atomic E-state index is 0.0209. The first-order valence-electron chi connectivity index (χ1n) is 5.93. The number of sulfone groups is 1. The lowest BCUT2D eigenvalue weighted by Crippen LogP contribution is -2.15. The van der Waals surface area contributed by atoms with E-state index in [0.29, 0.717) is 18.2 Å². The minimum Gasteiger partial charge on any atom is -0.265 e. The van der Waals surface area contributed by atoms with Crippen molar-refractivity contribution in [1.29, 1.82) is 0 Å². The SMILES string of the molecule is O=S1(=O)CCC(n2ncc(CCl)c2C2CC2)C1. The van der Waals surface area contributed by atoms with Crippen molar-refractivity contribution in [1.82, 2.24) is 9.78 Å². The van der Waals surface area contributed by atoms with Gasteiger partial charge in [0.2, 0.25) is 0 Å². The lowest BCUT2D eigenvalue weighted by Gasteiger charge is -2.13. The molecule has 1 aromatic rings. The van der Waals surface area contributed by atoms with Gasteiger partial charge in [0.25, 0.3) is 0 Å². The van der Waals surface area contributed by atoms with Gasteiger partial charge in [0, 0.05) is 17.2 Å². The van der Waals surface area contributed by atoms with E-state index in [0.717, 1.165) is 5.56 Å². The van der Waals surface area contributed by atoms with E-state index in [1.165, 1.54) is 18.5 Å². The summed E-state index contributed by atoms with van der Waals surface area (Å²) < 4.78 is 25.0. The molecule has 1 atom stereocenters. The highest BCUT2D eigenvalue weighted by Gasteiger charge is 2.36. The second-order valence-corrected chi connectivity index (χ2v) is 7.46. The maximum absolute atomic E-state index is 11.5. The van der Waals surface area contributed by atoms with Crippen LogP contribution in [0.25, 0.3) is 0 Å². The van der Waals surface area contributed by atoms with E-state index < -0.39 is 9.84 Å². The number of alkyl halides is 1. The number of hydrogen-bond donors (Lipinski definition) is 0. The highest BCUT2D eigenvalue weighted by molar-refractivity contribution is 7.91. The third-order valence-corrected chi connectivity index (χ3v) is 5.61. The standard InChI is InChI=1S/C11H15ClN2O2S/c12-5-9-6-13-14(11(9)8-1-2-8)10-3-4-17(15,16)7-10/h6,8,10H,1-5,7H2. The van der Waals surface area contributed by atoms with E-state index >= 15 is 0 Å². The maximum Gasteiger partial charge on any atom is 0.152 e. The Bertz CT molecular complexity index is 534. The normalized spacial score (nSPS) is 27.5. The first-order valence-corrected chi connectivity index (χ1v) is 8.29. The van der Waals surface area contributed by atoms with Gasteiger partial charge in [-0.3, -0.25) is 4.68 Å². The maximum atomic E-state index is 11.5. The molecule has 1 aliphatic carbocycles. The van der Waals surface area contributed by atoms with E-state index in [1.807, 2.05) is 4.68 Å². The smallest absolute Gasteiger partial charge is 0.152 e. The summed E-state index contributed by atoms with van der Waals surface area (Å²) in [6.07, 6.45) is 4.83. The first kappa shape index (κ1) is 11.5. The zero-order valence-electron chi connectivity index (χ0n) is 9.47. The van der Waals surface area contributed by atoms with Crippen LogP contribution in [0, 0.1) is 0 Å². The van der Waals surface area contributed by atoms with Crippen molar-refractivity contribution in [2.24, 2.45) is 0 Å². The molecule has 0 N–H and O–H groups in total. The van der Waals surface area contributed by atoms with Crippen molar-refractivity contribution >= 4 is 21.4 Å². The first-order chi connectivity index (χ1) is 8.11. The summed E-state index contributed by atoms with van der Waals surface area (Å²) in [7, 11) is -2.86. The molecule has 0 aromatic carbocycles. The van der Waals surface area contributed by atoms with E-state index in [2.05, 4.69) is 5.10 Å². The molecule has 1 saturated heterocycles. The Morgan fingerprint density at radius 2 is 2.18 bits per heavy atom. The molecule has 0 bridgehead atoms. The van der Waals surface area contributed by atoms with Crippen molar-refractivity contribution in [3.05, 3.63) is 17.5 Å². The summed E-state index contributed by atoms with van der Waals surface area (Å²) in [5, 5.41) is 4.36. The van der Waals surface area contributed by atoms with Gasteiger partial charge in [0.1, 0.15) is 0 Å². The lowest BCUT2D eigenvalue weighted by molar-refractivity contribution is 0.480. The Morgan fingerprint density at radius 1 is 1.41 bits per heavy atom. The van der Waals surface area contributed by atoms with E-state index in [-0.39, 0.29) is 17.5 Å². The van der Waals surface area contributed by atoms with Gasteiger partial charge in [-0.15, -0.1) is 11.6 Å². The minimum atomic E-state index is -2.86. The van der Waals surface area contributed by atoms with Crippen LogP contribution in [-0.2, 0) is 15.7 Å². The molecule has 2 heterocycles. The quantitative estimate of drug-likeness (QED) is 0.791. The van der Waals surface area contributed by atoms with Crippen LogP contribution in [0.1, 0.15) is 42.5 Å². The summed E-state index contributed by atoms with van der Waals surface area (Å²) >= 11 is 5.91. The molecule has 4 nitrogen and oxygen atoms in total. The number of rotatable bonds is 3. The molecule has 1 aliphatic heterocycles. The van der Waals surface area contributed by atoms with Crippen molar-refractivity contribution in [2.75, 3.05) is 11.5 Å². The molecule has 6 heteroatoms. The van der Waals surface area contributed by atoms with Crippen LogP contribution < -0.4 is 0 Å². The van der Waals surface area contributed by atoms with Gasteiger partial charge in [-0.1, -0.05) is 0 Å². The Hall–Kier alpha value is -0.550. The highest BCUT2D eigenvalue weighted by Crippen LogP contribution is 2.43. The number of halogens is 1. The molecule has 0 amide bonds. The largest absolute Gasteiger partial charge is 0.265 e. The molecule has 0 radical (unpaired) electrons. The second kappa shape index (κ2) is 3.99. The Morgan fingerprint density at radius 3 is 2.71 bits per heavy atom. The van der Waals surface area contributed by atoms with Crippen molar-refractivity contribution < 1.29 is 8.42 Å². The summed E-state index contributed by atoms with van der Waals surface area (Å²) in [5.41, 5.74) is 2.25. The van der Waals surface area contributed by atoms with Crippen molar-refractivity contribution in [3.8, 4) is 0 Å². The molecule has 1 saturated carbocycles. The van der Waals surface area contributed by atoms with Crippen LogP contribution in [0.3, 0.4) is 0 Å². The molecule has 94 valence electrons. The number of nitrogens with zero attached hydrogens (tertiary/aromatic N) is 2. The molecule has 1 aromatic heterocycles. The highest BCUT2D eigenvalue weighted by atomic mass is 35.5. The molecule has 1 unspecified atom stereocenters. The number of hydrogen-bond acceptors (Lipinski definition) is 3. The van der Waals surface area contributed by atoms with Gasteiger partial charge in [-0.2, -0.15) is 5.10 Å². The van der Waals surface area contributed by atoms with Crippen molar-refractivity contribution in [3.63, 3.8) is 0 Å². The van der Waals surface area contributed by atoms with Crippen LogP contribution in [0.15, 0.2) is 6.20 Å². The molecule has 2 fully saturated rings.